The summed E-state index contributed by atoms with van der Waals surface area (Å²) in [5.74, 6) is 0.728. The maximum absolute atomic E-state index is 12.5. The second kappa shape index (κ2) is 9.00. The summed E-state index contributed by atoms with van der Waals surface area (Å²) in [5, 5.41) is 2.96. The first kappa shape index (κ1) is 19.4. The molecular weight excluding hydrogens is 350 g/mol. The zero-order chi connectivity index (χ0) is 19.9. The number of rotatable bonds is 7. The molecule has 3 rings (SSSR count). The fraction of sp³-hybridized carbons (Fsp3) is 0.167. The average Bonchev–Trinajstić information content (AvgIpc) is 2.74. The van der Waals surface area contributed by atoms with E-state index in [0.29, 0.717) is 17.7 Å². The summed E-state index contributed by atoms with van der Waals surface area (Å²) in [7, 11) is 1.64. The number of hydrogen-bond donors (Lipinski definition) is 1. The Kier molecular flexibility index (Phi) is 6.22. The number of ether oxygens (including phenoxy) is 1. The molecule has 142 valence electrons. The number of amides is 1. The number of ketones is 1. The Labute approximate surface area is 165 Å². The van der Waals surface area contributed by atoms with E-state index in [1.54, 1.807) is 26.2 Å². The number of methoxy groups -OCH3 is 1. The van der Waals surface area contributed by atoms with Crippen LogP contribution < -0.4 is 10.1 Å². The second-order valence-corrected chi connectivity index (χ2v) is 6.57. The van der Waals surface area contributed by atoms with Crippen molar-refractivity contribution in [1.82, 2.24) is 5.32 Å². The van der Waals surface area contributed by atoms with Crippen LogP contribution in [0.15, 0.2) is 72.8 Å². The predicted molar refractivity (Wildman–Crippen MR) is 111 cm³/mol. The molecule has 0 spiro atoms. The van der Waals surface area contributed by atoms with Gasteiger partial charge in [-0.15, -0.1) is 0 Å². The number of benzene rings is 3. The Bertz CT molecular complexity index is 977. The van der Waals surface area contributed by atoms with E-state index in [9.17, 15) is 9.59 Å². The molecule has 4 heteroatoms. The lowest BCUT2D eigenvalue weighted by atomic mass is 10.00. The van der Waals surface area contributed by atoms with Crippen molar-refractivity contribution in [2.75, 3.05) is 13.7 Å². The van der Waals surface area contributed by atoms with Crippen molar-refractivity contribution in [2.45, 2.75) is 13.3 Å². The van der Waals surface area contributed by atoms with E-state index in [1.807, 2.05) is 60.7 Å². The van der Waals surface area contributed by atoms with Crippen LogP contribution in [0.1, 0.15) is 33.2 Å². The molecule has 1 amide bonds. The van der Waals surface area contributed by atoms with E-state index in [-0.39, 0.29) is 11.7 Å². The van der Waals surface area contributed by atoms with Crippen LogP contribution in [0.5, 0.6) is 5.75 Å². The van der Waals surface area contributed by atoms with Crippen molar-refractivity contribution >= 4 is 11.7 Å². The zero-order valence-corrected chi connectivity index (χ0v) is 16.1. The quantitative estimate of drug-likeness (QED) is 0.619. The van der Waals surface area contributed by atoms with E-state index in [0.717, 1.165) is 28.9 Å². The van der Waals surface area contributed by atoms with E-state index in [4.69, 9.17) is 4.74 Å². The van der Waals surface area contributed by atoms with Crippen LogP contribution in [0, 0.1) is 0 Å². The third kappa shape index (κ3) is 4.86. The summed E-state index contributed by atoms with van der Waals surface area (Å²) in [6.07, 6.45) is 0.746. The van der Waals surface area contributed by atoms with Crippen LogP contribution in [-0.2, 0) is 6.42 Å². The van der Waals surface area contributed by atoms with Crippen LogP contribution in [0.4, 0.5) is 0 Å². The maximum Gasteiger partial charge on any atom is 0.251 e. The summed E-state index contributed by atoms with van der Waals surface area (Å²) in [4.78, 5) is 24.1. The minimum absolute atomic E-state index is 0.0225. The molecular formula is C24H23NO3. The first-order chi connectivity index (χ1) is 13.6. The largest absolute Gasteiger partial charge is 0.497 e. The lowest BCUT2D eigenvalue weighted by Gasteiger charge is -2.09. The monoisotopic (exact) mass is 373 g/mol. The summed E-state index contributed by atoms with van der Waals surface area (Å²) in [6.45, 7) is 2.10. The first-order valence-electron chi connectivity index (χ1n) is 9.19. The van der Waals surface area contributed by atoms with Gasteiger partial charge in [0, 0.05) is 17.7 Å². The molecule has 0 aliphatic rings. The highest BCUT2D eigenvalue weighted by molar-refractivity contribution is 5.97. The fourth-order valence-electron chi connectivity index (χ4n) is 2.97. The zero-order valence-electron chi connectivity index (χ0n) is 16.1. The molecule has 0 radical (unpaired) electrons. The second-order valence-electron chi connectivity index (χ2n) is 6.57. The normalized spacial score (nSPS) is 10.4. The number of hydrogen-bond acceptors (Lipinski definition) is 3. The van der Waals surface area contributed by atoms with Gasteiger partial charge in [0.15, 0.2) is 5.78 Å². The topological polar surface area (TPSA) is 55.4 Å². The van der Waals surface area contributed by atoms with Crippen LogP contribution in [-0.4, -0.2) is 25.3 Å². The number of Topliss-reactive ketones (excluding diaryl/α,β-unsaturated/α-hetero) is 1. The van der Waals surface area contributed by atoms with Crippen molar-refractivity contribution in [1.29, 1.82) is 0 Å². The maximum atomic E-state index is 12.5. The Morgan fingerprint density at radius 1 is 0.857 bits per heavy atom. The van der Waals surface area contributed by atoms with Crippen molar-refractivity contribution < 1.29 is 14.3 Å². The highest BCUT2D eigenvalue weighted by atomic mass is 16.5. The molecule has 3 aromatic carbocycles. The summed E-state index contributed by atoms with van der Waals surface area (Å²) < 4.78 is 5.15. The molecule has 0 aliphatic carbocycles. The molecule has 1 N–H and O–H groups in total. The van der Waals surface area contributed by atoms with Crippen molar-refractivity contribution in [2.24, 2.45) is 0 Å². The van der Waals surface area contributed by atoms with Gasteiger partial charge in [-0.2, -0.15) is 0 Å². The Morgan fingerprint density at radius 3 is 2.07 bits per heavy atom. The van der Waals surface area contributed by atoms with Gasteiger partial charge in [0.05, 0.1) is 7.11 Å². The van der Waals surface area contributed by atoms with Gasteiger partial charge in [-0.25, -0.2) is 0 Å². The standard InChI is InChI=1S/C24H23NO3/c1-17(26)19-5-3-6-20(15-19)21-7-4-8-22(16-21)24(27)25-14-13-18-9-11-23(28-2)12-10-18/h3-12,15-16H,13-14H2,1-2H3,(H,25,27). The summed E-state index contributed by atoms with van der Waals surface area (Å²) in [6, 6.07) is 22.7. The van der Waals surface area contributed by atoms with Gasteiger partial charge in [0.25, 0.3) is 5.91 Å². The van der Waals surface area contributed by atoms with Gasteiger partial charge in [-0.05, 0) is 60.4 Å². The van der Waals surface area contributed by atoms with Crippen LogP contribution >= 0.6 is 0 Å². The molecule has 4 nitrogen and oxygen atoms in total. The average molecular weight is 373 g/mol. The van der Waals surface area contributed by atoms with Crippen molar-refractivity contribution in [3.05, 3.63) is 89.5 Å². The third-order valence-electron chi connectivity index (χ3n) is 4.59. The van der Waals surface area contributed by atoms with Crippen LogP contribution in [0.25, 0.3) is 11.1 Å². The molecule has 0 unspecified atom stereocenters. The highest BCUT2D eigenvalue weighted by Crippen LogP contribution is 2.22. The Hall–Kier alpha value is -3.40. The van der Waals surface area contributed by atoms with E-state index in [1.165, 1.54) is 0 Å². The molecule has 0 bridgehead atoms. The van der Waals surface area contributed by atoms with E-state index < -0.39 is 0 Å². The molecule has 0 fully saturated rings. The van der Waals surface area contributed by atoms with Gasteiger partial charge in [0.1, 0.15) is 5.75 Å². The SMILES string of the molecule is COc1ccc(CCNC(=O)c2cccc(-c3cccc(C(C)=O)c3)c2)cc1. The minimum atomic E-state index is -0.113. The molecule has 0 heterocycles. The number of carbonyl (C=O) groups excluding carboxylic acids is 2. The van der Waals surface area contributed by atoms with Crippen LogP contribution in [0.2, 0.25) is 0 Å². The van der Waals surface area contributed by atoms with Gasteiger partial charge in [-0.1, -0.05) is 42.5 Å². The minimum Gasteiger partial charge on any atom is -0.497 e. The molecule has 28 heavy (non-hydrogen) atoms. The Morgan fingerprint density at radius 2 is 1.46 bits per heavy atom. The lowest BCUT2D eigenvalue weighted by molar-refractivity contribution is 0.0953. The van der Waals surface area contributed by atoms with Gasteiger partial charge in [-0.3, -0.25) is 9.59 Å². The fourth-order valence-corrected chi connectivity index (χ4v) is 2.97. The van der Waals surface area contributed by atoms with Gasteiger partial charge >= 0.3 is 0 Å². The van der Waals surface area contributed by atoms with Crippen molar-refractivity contribution in [3.8, 4) is 16.9 Å². The van der Waals surface area contributed by atoms with E-state index in [2.05, 4.69) is 5.32 Å². The molecule has 0 saturated carbocycles. The third-order valence-corrected chi connectivity index (χ3v) is 4.59. The first-order valence-corrected chi connectivity index (χ1v) is 9.19. The summed E-state index contributed by atoms with van der Waals surface area (Å²) >= 11 is 0. The molecule has 0 atom stereocenters. The molecule has 0 aliphatic heterocycles. The predicted octanol–water partition coefficient (Wildman–Crippen LogP) is 4.54. The number of nitrogens with one attached hydrogen (secondary N) is 1. The van der Waals surface area contributed by atoms with Gasteiger partial charge < -0.3 is 10.1 Å². The van der Waals surface area contributed by atoms with Crippen LogP contribution in [0.3, 0.4) is 0 Å². The lowest BCUT2D eigenvalue weighted by Crippen LogP contribution is -2.25. The van der Waals surface area contributed by atoms with Crippen molar-refractivity contribution in [3.63, 3.8) is 0 Å². The smallest absolute Gasteiger partial charge is 0.251 e. The molecule has 3 aromatic rings. The Balaban J connectivity index is 1.65. The molecule has 0 aromatic heterocycles. The molecule has 0 saturated heterocycles. The van der Waals surface area contributed by atoms with Gasteiger partial charge in [0.2, 0.25) is 0 Å². The highest BCUT2D eigenvalue weighted by Gasteiger charge is 2.08. The summed E-state index contributed by atoms with van der Waals surface area (Å²) in [5.41, 5.74) is 4.22. The number of carbonyl (C=O) groups is 2. The van der Waals surface area contributed by atoms with E-state index >= 15 is 0 Å².